The molecule has 2 aliphatic rings. The molecule has 0 aromatic carbocycles. The minimum absolute atomic E-state index is 0.265. The van der Waals surface area contributed by atoms with Gasteiger partial charge in [0.2, 0.25) is 0 Å². The van der Waals surface area contributed by atoms with Crippen molar-refractivity contribution in [3.8, 4) is 0 Å². The topological polar surface area (TPSA) is 46.6 Å². The lowest BCUT2D eigenvalue weighted by Gasteiger charge is -2.44. The first kappa shape index (κ1) is 14.3. The third-order valence-electron chi connectivity index (χ3n) is 4.28. The molecule has 1 atom stereocenters. The predicted octanol–water partition coefficient (Wildman–Crippen LogP) is 1.66. The van der Waals surface area contributed by atoms with Gasteiger partial charge in [-0.2, -0.15) is 0 Å². The first-order valence-electron chi connectivity index (χ1n) is 6.90. The van der Waals surface area contributed by atoms with Crippen LogP contribution in [0.25, 0.3) is 0 Å². The van der Waals surface area contributed by atoms with Crippen LogP contribution in [0.1, 0.15) is 40.5 Å². The summed E-state index contributed by atoms with van der Waals surface area (Å²) in [6.07, 6.45) is 1.24. The molecule has 0 radical (unpaired) electrons. The standard InChI is InChI=1S/C13H25NO3S/c1-10(2)12-9-17-13(14(12)11(3)4)5-7-18(15,16)8-6-13/h10-12H,5-9H2,1-4H3/t12-/m0/s1. The summed E-state index contributed by atoms with van der Waals surface area (Å²) in [6, 6.07) is 0.798. The third kappa shape index (κ3) is 2.45. The Kier molecular flexibility index (Phi) is 3.78. The van der Waals surface area contributed by atoms with Gasteiger partial charge < -0.3 is 4.74 Å². The van der Waals surface area contributed by atoms with E-state index in [9.17, 15) is 8.42 Å². The van der Waals surface area contributed by atoms with E-state index in [4.69, 9.17) is 4.74 Å². The van der Waals surface area contributed by atoms with E-state index in [2.05, 4.69) is 32.6 Å². The highest BCUT2D eigenvalue weighted by molar-refractivity contribution is 7.91. The molecule has 2 aliphatic heterocycles. The van der Waals surface area contributed by atoms with Crippen LogP contribution in [-0.2, 0) is 14.6 Å². The molecule has 2 fully saturated rings. The van der Waals surface area contributed by atoms with Crippen LogP contribution in [0.4, 0.5) is 0 Å². The van der Waals surface area contributed by atoms with E-state index in [0.29, 0.717) is 30.8 Å². The summed E-state index contributed by atoms with van der Waals surface area (Å²) in [6.45, 7) is 9.50. The van der Waals surface area contributed by atoms with Crippen molar-refractivity contribution in [2.75, 3.05) is 18.1 Å². The van der Waals surface area contributed by atoms with Gasteiger partial charge >= 0.3 is 0 Å². The SMILES string of the molecule is CC(C)[C@@H]1COC2(CCS(=O)(=O)CC2)N1C(C)C. The lowest BCUT2D eigenvalue weighted by Crippen LogP contribution is -2.56. The molecule has 106 valence electrons. The summed E-state index contributed by atoms with van der Waals surface area (Å²) in [5, 5.41) is 0. The molecule has 0 aliphatic carbocycles. The molecular formula is C13H25NO3S. The molecule has 5 heteroatoms. The van der Waals surface area contributed by atoms with Crippen LogP contribution in [0.5, 0.6) is 0 Å². The Morgan fingerprint density at radius 1 is 1.17 bits per heavy atom. The van der Waals surface area contributed by atoms with E-state index >= 15 is 0 Å². The van der Waals surface area contributed by atoms with Crippen LogP contribution in [0, 0.1) is 5.92 Å². The van der Waals surface area contributed by atoms with Crippen LogP contribution in [0.3, 0.4) is 0 Å². The largest absolute Gasteiger partial charge is 0.359 e. The maximum Gasteiger partial charge on any atom is 0.150 e. The van der Waals surface area contributed by atoms with Crippen LogP contribution in [0.2, 0.25) is 0 Å². The highest BCUT2D eigenvalue weighted by Crippen LogP contribution is 2.41. The zero-order chi connectivity index (χ0) is 13.6. The molecule has 0 aromatic heterocycles. The minimum Gasteiger partial charge on any atom is -0.359 e. The molecule has 0 saturated carbocycles. The van der Waals surface area contributed by atoms with Gasteiger partial charge in [-0.15, -0.1) is 0 Å². The number of rotatable bonds is 2. The number of ether oxygens (including phenoxy) is 1. The van der Waals surface area contributed by atoms with E-state index < -0.39 is 9.84 Å². The molecule has 4 nitrogen and oxygen atoms in total. The Balaban J connectivity index is 2.23. The van der Waals surface area contributed by atoms with Gasteiger partial charge in [0.25, 0.3) is 0 Å². The monoisotopic (exact) mass is 275 g/mol. The highest BCUT2D eigenvalue weighted by Gasteiger charge is 2.51. The first-order valence-corrected chi connectivity index (χ1v) is 8.72. The molecule has 0 unspecified atom stereocenters. The molecule has 0 aromatic rings. The van der Waals surface area contributed by atoms with Crippen molar-refractivity contribution < 1.29 is 13.2 Å². The fourth-order valence-corrected chi connectivity index (χ4v) is 4.79. The minimum atomic E-state index is -2.84. The summed E-state index contributed by atoms with van der Waals surface area (Å²) in [5.41, 5.74) is -0.325. The van der Waals surface area contributed by atoms with Crippen molar-refractivity contribution in [3.63, 3.8) is 0 Å². The van der Waals surface area contributed by atoms with Crippen LogP contribution >= 0.6 is 0 Å². The molecule has 2 rings (SSSR count). The molecule has 2 heterocycles. The number of sulfone groups is 1. The zero-order valence-corrected chi connectivity index (χ0v) is 12.7. The van der Waals surface area contributed by atoms with Crippen LogP contribution in [-0.4, -0.2) is 49.2 Å². The van der Waals surface area contributed by atoms with Crippen LogP contribution < -0.4 is 0 Å². The molecule has 1 spiro atoms. The van der Waals surface area contributed by atoms with E-state index in [1.54, 1.807) is 0 Å². The smallest absolute Gasteiger partial charge is 0.150 e. The first-order chi connectivity index (χ1) is 8.27. The summed E-state index contributed by atoms with van der Waals surface area (Å²) in [4.78, 5) is 2.42. The second-order valence-corrected chi connectivity index (χ2v) is 8.53. The van der Waals surface area contributed by atoms with Crippen molar-refractivity contribution in [1.82, 2.24) is 4.90 Å². The van der Waals surface area contributed by atoms with Gasteiger partial charge in [0.1, 0.15) is 5.72 Å². The van der Waals surface area contributed by atoms with Crippen molar-refractivity contribution in [1.29, 1.82) is 0 Å². The van der Waals surface area contributed by atoms with Gasteiger partial charge in [-0.05, 0) is 19.8 Å². The van der Waals surface area contributed by atoms with Gasteiger partial charge in [0, 0.05) is 24.9 Å². The Morgan fingerprint density at radius 2 is 1.72 bits per heavy atom. The average Bonchev–Trinajstić information content (AvgIpc) is 2.63. The molecule has 18 heavy (non-hydrogen) atoms. The molecule has 2 saturated heterocycles. The summed E-state index contributed by atoms with van der Waals surface area (Å²) in [5.74, 6) is 1.06. The van der Waals surface area contributed by atoms with Gasteiger partial charge in [-0.25, -0.2) is 8.42 Å². The van der Waals surface area contributed by atoms with Gasteiger partial charge in [-0.3, -0.25) is 4.90 Å². The van der Waals surface area contributed by atoms with Gasteiger partial charge in [0.15, 0.2) is 9.84 Å². The predicted molar refractivity (Wildman–Crippen MR) is 72.2 cm³/mol. The normalized spacial score (nSPS) is 31.6. The Hall–Kier alpha value is -0.130. The van der Waals surface area contributed by atoms with Crippen molar-refractivity contribution in [2.45, 2.75) is 58.3 Å². The fourth-order valence-electron chi connectivity index (χ4n) is 3.32. The lowest BCUT2D eigenvalue weighted by atomic mass is 9.97. The van der Waals surface area contributed by atoms with Crippen molar-refractivity contribution in [2.24, 2.45) is 5.92 Å². The molecule has 0 amide bonds. The van der Waals surface area contributed by atoms with E-state index in [1.165, 1.54) is 0 Å². The quantitative estimate of drug-likeness (QED) is 0.769. The Morgan fingerprint density at radius 3 is 2.17 bits per heavy atom. The highest BCUT2D eigenvalue weighted by atomic mass is 32.2. The maximum atomic E-state index is 11.6. The second kappa shape index (κ2) is 4.76. The zero-order valence-electron chi connectivity index (χ0n) is 11.8. The molecule has 0 N–H and O–H groups in total. The van der Waals surface area contributed by atoms with Crippen molar-refractivity contribution >= 4 is 9.84 Å². The summed E-state index contributed by atoms with van der Waals surface area (Å²) in [7, 11) is -2.84. The van der Waals surface area contributed by atoms with E-state index in [1.807, 2.05) is 0 Å². The summed E-state index contributed by atoms with van der Waals surface area (Å²) >= 11 is 0. The Bertz CT molecular complexity index is 388. The second-order valence-electron chi connectivity index (χ2n) is 6.22. The number of hydrogen-bond acceptors (Lipinski definition) is 4. The fraction of sp³-hybridized carbons (Fsp3) is 1.00. The molecular weight excluding hydrogens is 250 g/mol. The number of nitrogens with zero attached hydrogens (tertiary/aromatic N) is 1. The molecule has 0 bridgehead atoms. The van der Waals surface area contributed by atoms with E-state index in [0.717, 1.165) is 6.61 Å². The van der Waals surface area contributed by atoms with Crippen LogP contribution in [0.15, 0.2) is 0 Å². The lowest BCUT2D eigenvalue weighted by molar-refractivity contribution is -0.106. The van der Waals surface area contributed by atoms with Gasteiger partial charge in [0.05, 0.1) is 18.1 Å². The maximum absolute atomic E-state index is 11.6. The number of hydrogen-bond donors (Lipinski definition) is 0. The van der Waals surface area contributed by atoms with Crippen molar-refractivity contribution in [3.05, 3.63) is 0 Å². The van der Waals surface area contributed by atoms with E-state index in [-0.39, 0.29) is 17.2 Å². The third-order valence-corrected chi connectivity index (χ3v) is 5.94. The Labute approximate surface area is 111 Å². The summed E-state index contributed by atoms with van der Waals surface area (Å²) < 4.78 is 29.3. The average molecular weight is 275 g/mol. The van der Waals surface area contributed by atoms with Gasteiger partial charge in [-0.1, -0.05) is 13.8 Å².